The number of piperidine rings is 1. The van der Waals surface area contributed by atoms with Gasteiger partial charge in [-0.3, -0.25) is 9.80 Å². The van der Waals surface area contributed by atoms with Crippen LogP contribution in [0.1, 0.15) is 35.1 Å². The second kappa shape index (κ2) is 11.0. The SMILES string of the molecule is O=C(NCc1ccnc(Cl)c1)N1CC2(CCN(CC=Cc3ccc(C(F)(F)F)cc3)CC2)c2cc(F)ccc21. The van der Waals surface area contributed by atoms with Gasteiger partial charge in [-0.25, -0.2) is 14.2 Å². The van der Waals surface area contributed by atoms with Gasteiger partial charge in [-0.15, -0.1) is 0 Å². The fourth-order valence-corrected chi connectivity index (χ4v) is 5.56. The topological polar surface area (TPSA) is 48.5 Å². The molecule has 2 aliphatic rings. The lowest BCUT2D eigenvalue weighted by Crippen LogP contribution is -2.47. The van der Waals surface area contributed by atoms with Gasteiger partial charge in [0.25, 0.3) is 0 Å². The summed E-state index contributed by atoms with van der Waals surface area (Å²) in [4.78, 5) is 21.1. The summed E-state index contributed by atoms with van der Waals surface area (Å²) in [6.07, 6.45) is 2.49. The fraction of sp³-hybridized carbons (Fsp3) is 0.310. The minimum atomic E-state index is -4.35. The van der Waals surface area contributed by atoms with Gasteiger partial charge < -0.3 is 5.32 Å². The van der Waals surface area contributed by atoms with Crippen LogP contribution in [0.5, 0.6) is 0 Å². The number of carbonyl (C=O) groups is 1. The number of benzene rings is 2. The molecule has 1 saturated heterocycles. The van der Waals surface area contributed by atoms with E-state index in [1.54, 1.807) is 35.4 Å². The van der Waals surface area contributed by atoms with Gasteiger partial charge in [-0.1, -0.05) is 35.9 Å². The molecule has 3 aromatic rings. The van der Waals surface area contributed by atoms with Crippen LogP contribution in [-0.2, 0) is 18.1 Å². The van der Waals surface area contributed by atoms with E-state index in [1.807, 2.05) is 12.2 Å². The minimum absolute atomic E-state index is 0.255. The number of aromatic nitrogens is 1. The van der Waals surface area contributed by atoms with E-state index in [9.17, 15) is 22.4 Å². The van der Waals surface area contributed by atoms with Crippen molar-refractivity contribution in [3.63, 3.8) is 0 Å². The van der Waals surface area contributed by atoms with E-state index in [1.165, 1.54) is 18.2 Å². The molecule has 1 fully saturated rings. The Kier molecular flexibility index (Phi) is 7.64. The summed E-state index contributed by atoms with van der Waals surface area (Å²) in [5, 5.41) is 3.29. The van der Waals surface area contributed by atoms with E-state index < -0.39 is 11.7 Å². The monoisotopic (exact) mass is 558 g/mol. The molecule has 2 amide bonds. The molecule has 1 N–H and O–H groups in total. The van der Waals surface area contributed by atoms with E-state index in [4.69, 9.17) is 11.6 Å². The number of nitrogens with one attached hydrogen (secondary N) is 1. The third-order valence-corrected chi connectivity index (χ3v) is 7.69. The first-order valence-corrected chi connectivity index (χ1v) is 13.0. The standard InChI is InChI=1S/C29H27ClF4N4O/c30-26-16-21(9-12-35-26)18-36-27(39)38-19-28(24-17-23(31)7-8-25(24)38)10-14-37(15-11-28)13-1-2-20-3-5-22(6-4-20)29(32,33)34/h1-9,12,16-17H,10-11,13-15,18-19H2,(H,36,39). The average molecular weight is 559 g/mol. The van der Waals surface area contributed by atoms with E-state index in [0.717, 1.165) is 54.9 Å². The van der Waals surface area contributed by atoms with Gasteiger partial charge in [0.15, 0.2) is 0 Å². The van der Waals surface area contributed by atoms with Crippen LogP contribution >= 0.6 is 11.6 Å². The molecule has 1 spiro atoms. The number of hydrogen-bond acceptors (Lipinski definition) is 3. The summed E-state index contributed by atoms with van der Waals surface area (Å²) < 4.78 is 52.6. The summed E-state index contributed by atoms with van der Waals surface area (Å²) in [6, 6.07) is 12.9. The van der Waals surface area contributed by atoms with Crippen LogP contribution in [0.25, 0.3) is 6.08 Å². The molecule has 0 bridgehead atoms. The maximum atomic E-state index is 14.3. The number of alkyl halides is 3. The van der Waals surface area contributed by atoms with Gasteiger partial charge in [-0.05, 0) is 85.1 Å². The summed E-state index contributed by atoms with van der Waals surface area (Å²) in [6.45, 7) is 2.90. The highest BCUT2D eigenvalue weighted by Crippen LogP contribution is 2.47. The largest absolute Gasteiger partial charge is 0.416 e. The number of halogens is 5. The van der Waals surface area contributed by atoms with Crippen LogP contribution in [0, 0.1) is 5.82 Å². The van der Waals surface area contributed by atoms with E-state index in [2.05, 4.69) is 15.2 Å². The molecule has 0 unspecified atom stereocenters. The molecule has 2 aliphatic heterocycles. The molecule has 204 valence electrons. The fourth-order valence-electron chi connectivity index (χ4n) is 5.36. The molecule has 0 aliphatic carbocycles. The van der Waals surface area contributed by atoms with Gasteiger partial charge in [0.1, 0.15) is 11.0 Å². The zero-order valence-corrected chi connectivity index (χ0v) is 21.8. The lowest BCUT2D eigenvalue weighted by molar-refractivity contribution is -0.137. The molecule has 5 nitrogen and oxygen atoms in total. The predicted molar refractivity (Wildman–Crippen MR) is 143 cm³/mol. The van der Waals surface area contributed by atoms with Crippen LogP contribution in [0.3, 0.4) is 0 Å². The quantitative estimate of drug-likeness (QED) is 0.281. The van der Waals surface area contributed by atoms with Crippen molar-refractivity contribution in [3.8, 4) is 0 Å². The van der Waals surface area contributed by atoms with Crippen molar-refractivity contribution in [2.24, 2.45) is 0 Å². The predicted octanol–water partition coefficient (Wildman–Crippen LogP) is 6.67. The van der Waals surface area contributed by atoms with E-state index >= 15 is 0 Å². The van der Waals surface area contributed by atoms with Gasteiger partial charge in [0.05, 0.1) is 5.56 Å². The molecular formula is C29H27ClF4N4O. The van der Waals surface area contributed by atoms with Gasteiger partial charge in [-0.2, -0.15) is 13.2 Å². The Morgan fingerprint density at radius 3 is 2.51 bits per heavy atom. The first kappa shape index (κ1) is 27.1. The molecule has 0 atom stereocenters. The van der Waals surface area contributed by atoms with Crippen molar-refractivity contribution in [2.75, 3.05) is 31.1 Å². The number of likely N-dealkylation sites (tertiary alicyclic amines) is 1. The lowest BCUT2D eigenvalue weighted by atomic mass is 9.74. The number of rotatable bonds is 5. The Morgan fingerprint density at radius 2 is 1.82 bits per heavy atom. The third kappa shape index (κ3) is 6.09. The second-order valence-electron chi connectivity index (χ2n) is 10.00. The number of urea groups is 1. The summed E-state index contributed by atoms with van der Waals surface area (Å²) >= 11 is 5.95. The molecular weight excluding hydrogens is 532 g/mol. The van der Waals surface area contributed by atoms with Crippen LogP contribution in [0.15, 0.2) is 66.9 Å². The van der Waals surface area contributed by atoms with E-state index in [0.29, 0.717) is 30.4 Å². The summed E-state index contributed by atoms with van der Waals surface area (Å²) in [5.74, 6) is -0.330. The zero-order chi connectivity index (χ0) is 27.6. The van der Waals surface area contributed by atoms with Crippen LogP contribution in [0.4, 0.5) is 28.0 Å². The van der Waals surface area contributed by atoms with Gasteiger partial charge in [0.2, 0.25) is 0 Å². The van der Waals surface area contributed by atoms with Crippen LogP contribution < -0.4 is 10.2 Å². The van der Waals surface area contributed by atoms with Gasteiger partial charge in [0, 0.05) is 36.9 Å². The molecule has 3 heterocycles. The Hall–Kier alpha value is -3.43. The number of hydrogen-bond donors (Lipinski definition) is 1. The van der Waals surface area contributed by atoms with Crippen molar-refractivity contribution in [3.05, 3.63) is 100 Å². The van der Waals surface area contributed by atoms with E-state index in [-0.39, 0.29) is 17.3 Å². The number of carbonyl (C=O) groups excluding carboxylic acids is 1. The Labute approximate surface area is 229 Å². The second-order valence-corrected chi connectivity index (χ2v) is 10.4. The zero-order valence-electron chi connectivity index (χ0n) is 21.0. The molecule has 39 heavy (non-hydrogen) atoms. The lowest BCUT2D eigenvalue weighted by Gasteiger charge is -2.39. The average Bonchev–Trinajstić information content (AvgIpc) is 3.21. The van der Waals surface area contributed by atoms with Crippen molar-refractivity contribution >= 4 is 29.4 Å². The first-order chi connectivity index (χ1) is 18.6. The molecule has 0 saturated carbocycles. The van der Waals surface area contributed by atoms with Gasteiger partial charge >= 0.3 is 12.2 Å². The number of amides is 2. The first-order valence-electron chi connectivity index (χ1n) is 12.6. The van der Waals surface area contributed by atoms with Crippen LogP contribution in [0.2, 0.25) is 5.15 Å². The maximum Gasteiger partial charge on any atom is 0.416 e. The molecule has 10 heteroatoms. The van der Waals surface area contributed by atoms with Crippen LogP contribution in [-0.4, -0.2) is 42.1 Å². The Balaban J connectivity index is 1.22. The summed E-state index contributed by atoms with van der Waals surface area (Å²) in [5.41, 5.74) is 2.09. The number of nitrogens with zero attached hydrogens (tertiary/aromatic N) is 3. The Morgan fingerprint density at radius 1 is 1.08 bits per heavy atom. The number of pyridine rings is 1. The Bertz CT molecular complexity index is 1370. The third-order valence-electron chi connectivity index (χ3n) is 7.49. The number of fused-ring (bicyclic) bond motifs is 2. The van der Waals surface area contributed by atoms with Crippen molar-refractivity contribution in [1.29, 1.82) is 0 Å². The molecule has 0 radical (unpaired) electrons. The highest BCUT2D eigenvalue weighted by atomic mass is 35.5. The molecule has 2 aromatic carbocycles. The number of anilines is 1. The van der Waals surface area contributed by atoms with Crippen molar-refractivity contribution in [2.45, 2.75) is 31.0 Å². The normalized spacial score (nSPS) is 17.1. The smallest absolute Gasteiger partial charge is 0.334 e. The molecule has 1 aromatic heterocycles. The van der Waals surface area contributed by atoms with Crippen molar-refractivity contribution in [1.82, 2.24) is 15.2 Å². The minimum Gasteiger partial charge on any atom is -0.334 e. The van der Waals surface area contributed by atoms with Crippen molar-refractivity contribution < 1.29 is 22.4 Å². The highest BCUT2D eigenvalue weighted by Gasteiger charge is 2.46. The highest BCUT2D eigenvalue weighted by molar-refractivity contribution is 6.29. The summed E-state index contributed by atoms with van der Waals surface area (Å²) in [7, 11) is 0. The maximum absolute atomic E-state index is 14.3. The molecule has 5 rings (SSSR count).